The highest BCUT2D eigenvalue weighted by molar-refractivity contribution is 5.92. The van der Waals surface area contributed by atoms with Gasteiger partial charge in [-0.1, -0.05) is 13.0 Å². The largest absolute Gasteiger partial charge is 0.496 e. The fourth-order valence-corrected chi connectivity index (χ4v) is 3.84. The highest BCUT2D eigenvalue weighted by Gasteiger charge is 2.31. The molecule has 3 rings (SSSR count). The Morgan fingerprint density at radius 3 is 2.52 bits per heavy atom. The number of aliphatic imine (C=N–C) groups is 1. The molecule has 0 aromatic heterocycles. The van der Waals surface area contributed by atoms with Gasteiger partial charge in [-0.15, -0.1) is 0 Å². The molecule has 0 spiro atoms. The second-order valence-electron chi connectivity index (χ2n) is 7.78. The number of ether oxygens (including phenoxy) is 1. The van der Waals surface area contributed by atoms with Crippen LogP contribution in [-0.2, 0) is 0 Å². The second kappa shape index (κ2) is 8.07. The van der Waals surface area contributed by atoms with E-state index in [0.717, 1.165) is 24.3 Å². The van der Waals surface area contributed by atoms with Crippen LogP contribution in [0.2, 0.25) is 0 Å². The van der Waals surface area contributed by atoms with Crippen LogP contribution in [-0.4, -0.2) is 30.3 Å². The fraction of sp³-hybridized carbons (Fsp3) is 0.348. The maximum atomic E-state index is 10.8. The lowest BCUT2D eigenvalue weighted by Crippen LogP contribution is -2.45. The molecule has 2 aromatic carbocycles. The van der Waals surface area contributed by atoms with Crippen molar-refractivity contribution in [3.8, 4) is 5.75 Å². The molecule has 0 N–H and O–H groups in total. The summed E-state index contributed by atoms with van der Waals surface area (Å²) >= 11 is 0. The smallest absolute Gasteiger partial charge is 0.269 e. The van der Waals surface area contributed by atoms with Gasteiger partial charge in [0.25, 0.3) is 5.69 Å². The average Bonchev–Trinajstić information content (AvgIpc) is 2.69. The van der Waals surface area contributed by atoms with Gasteiger partial charge in [0.05, 0.1) is 23.3 Å². The first-order valence-corrected chi connectivity index (χ1v) is 9.75. The van der Waals surface area contributed by atoms with E-state index in [-0.39, 0.29) is 11.2 Å². The minimum Gasteiger partial charge on any atom is -0.496 e. The molecule has 0 radical (unpaired) electrons. The summed E-state index contributed by atoms with van der Waals surface area (Å²) in [5.41, 5.74) is 5.07. The Balaban J connectivity index is 2.01. The SMILES string of the molecule is CCCN1c2cc(OC)c(C=Nc3ccc([N+](=O)[O-])cc3)cc2C(C)=CC1(C)C. The average molecular weight is 393 g/mol. The zero-order valence-corrected chi connectivity index (χ0v) is 17.6. The number of hydrogen-bond acceptors (Lipinski definition) is 5. The van der Waals surface area contributed by atoms with Crippen LogP contribution in [0.1, 0.15) is 45.2 Å². The van der Waals surface area contributed by atoms with Crippen molar-refractivity contribution in [2.24, 2.45) is 4.99 Å². The van der Waals surface area contributed by atoms with Crippen LogP contribution in [0.3, 0.4) is 0 Å². The molecule has 1 heterocycles. The number of non-ortho nitro benzene ring substituents is 1. The van der Waals surface area contributed by atoms with Crippen LogP contribution < -0.4 is 9.64 Å². The van der Waals surface area contributed by atoms with Crippen LogP contribution in [0.25, 0.3) is 5.57 Å². The van der Waals surface area contributed by atoms with Crippen molar-refractivity contribution < 1.29 is 9.66 Å². The minimum absolute atomic E-state index is 0.0507. The van der Waals surface area contributed by atoms with Crippen molar-refractivity contribution >= 4 is 28.8 Å². The standard InChI is InChI=1S/C23H27N3O3/c1-6-11-25-21-13-22(29-5)17(12-20(21)16(2)14-23(25,3)4)15-24-18-7-9-19(10-8-18)26(27)28/h7-10,12-15H,6,11H2,1-5H3. The second-order valence-corrected chi connectivity index (χ2v) is 7.78. The van der Waals surface area contributed by atoms with E-state index in [2.05, 4.69) is 55.8 Å². The number of nitrogens with zero attached hydrogens (tertiary/aromatic N) is 3. The number of hydrogen-bond donors (Lipinski definition) is 0. The number of allylic oxidation sites excluding steroid dienone is 1. The molecule has 0 saturated heterocycles. The van der Waals surface area contributed by atoms with Crippen LogP contribution >= 0.6 is 0 Å². The van der Waals surface area contributed by atoms with Crippen LogP contribution in [0.4, 0.5) is 17.1 Å². The molecule has 6 nitrogen and oxygen atoms in total. The Morgan fingerprint density at radius 1 is 1.24 bits per heavy atom. The summed E-state index contributed by atoms with van der Waals surface area (Å²) in [5, 5.41) is 10.8. The third-order valence-corrected chi connectivity index (χ3v) is 5.19. The van der Waals surface area contributed by atoms with E-state index in [1.807, 2.05) is 0 Å². The molecule has 1 aliphatic heterocycles. The van der Waals surface area contributed by atoms with E-state index < -0.39 is 4.92 Å². The Morgan fingerprint density at radius 2 is 1.93 bits per heavy atom. The summed E-state index contributed by atoms with van der Waals surface area (Å²) in [4.78, 5) is 17.3. The lowest BCUT2D eigenvalue weighted by molar-refractivity contribution is -0.384. The summed E-state index contributed by atoms with van der Waals surface area (Å²) in [6, 6.07) is 10.4. The quantitative estimate of drug-likeness (QED) is 0.355. The van der Waals surface area contributed by atoms with E-state index in [4.69, 9.17) is 4.74 Å². The van der Waals surface area contributed by atoms with Gasteiger partial charge < -0.3 is 9.64 Å². The normalized spacial score (nSPS) is 15.2. The van der Waals surface area contributed by atoms with Gasteiger partial charge in [-0.3, -0.25) is 15.1 Å². The Hall–Kier alpha value is -3.15. The summed E-state index contributed by atoms with van der Waals surface area (Å²) in [6.45, 7) is 9.73. The molecule has 29 heavy (non-hydrogen) atoms. The number of benzene rings is 2. The molecule has 0 aliphatic carbocycles. The maximum absolute atomic E-state index is 10.8. The van der Waals surface area contributed by atoms with Gasteiger partial charge in [0.15, 0.2) is 0 Å². The van der Waals surface area contributed by atoms with Gasteiger partial charge in [0.2, 0.25) is 0 Å². The third-order valence-electron chi connectivity index (χ3n) is 5.19. The Kier molecular flexibility index (Phi) is 5.73. The van der Waals surface area contributed by atoms with E-state index in [1.54, 1.807) is 25.5 Å². The van der Waals surface area contributed by atoms with E-state index in [1.165, 1.54) is 29.0 Å². The summed E-state index contributed by atoms with van der Waals surface area (Å²) in [5.74, 6) is 0.751. The zero-order chi connectivity index (χ0) is 21.2. The molecule has 0 saturated carbocycles. The minimum atomic E-state index is -0.418. The van der Waals surface area contributed by atoms with Crippen molar-refractivity contribution in [3.05, 3.63) is 63.7 Å². The molecule has 1 aliphatic rings. The van der Waals surface area contributed by atoms with Gasteiger partial charge in [0.1, 0.15) is 5.75 Å². The number of nitro groups is 1. The van der Waals surface area contributed by atoms with Crippen LogP contribution in [0.15, 0.2) is 47.5 Å². The molecule has 0 atom stereocenters. The van der Waals surface area contributed by atoms with Crippen molar-refractivity contribution in [2.45, 2.75) is 39.7 Å². The fourth-order valence-electron chi connectivity index (χ4n) is 3.84. The molecule has 2 aromatic rings. The molecule has 0 amide bonds. The number of fused-ring (bicyclic) bond motifs is 1. The lowest BCUT2D eigenvalue weighted by Gasteiger charge is -2.43. The summed E-state index contributed by atoms with van der Waals surface area (Å²) in [6.07, 6.45) is 5.10. The number of nitro benzene ring substituents is 1. The molecule has 152 valence electrons. The highest BCUT2D eigenvalue weighted by Crippen LogP contribution is 2.42. The van der Waals surface area contributed by atoms with Crippen molar-refractivity contribution in [3.63, 3.8) is 0 Å². The number of rotatable bonds is 6. The molecule has 0 unspecified atom stereocenters. The van der Waals surface area contributed by atoms with Gasteiger partial charge in [-0.2, -0.15) is 0 Å². The molecule has 0 bridgehead atoms. The van der Waals surface area contributed by atoms with E-state index in [0.29, 0.717) is 5.69 Å². The van der Waals surface area contributed by atoms with Gasteiger partial charge in [-0.25, -0.2) is 0 Å². The Labute approximate surface area is 171 Å². The first kappa shape index (κ1) is 20.6. The predicted octanol–water partition coefficient (Wildman–Crippen LogP) is 5.77. The van der Waals surface area contributed by atoms with Gasteiger partial charge in [0, 0.05) is 47.8 Å². The van der Waals surface area contributed by atoms with Crippen molar-refractivity contribution in [1.29, 1.82) is 0 Å². The van der Waals surface area contributed by atoms with E-state index in [9.17, 15) is 10.1 Å². The predicted molar refractivity (Wildman–Crippen MR) is 119 cm³/mol. The Bertz CT molecular complexity index is 976. The summed E-state index contributed by atoms with van der Waals surface area (Å²) in [7, 11) is 1.66. The third kappa shape index (κ3) is 4.16. The highest BCUT2D eigenvalue weighted by atomic mass is 16.6. The topological polar surface area (TPSA) is 68.0 Å². The number of methoxy groups -OCH3 is 1. The van der Waals surface area contributed by atoms with Gasteiger partial charge >= 0.3 is 0 Å². The summed E-state index contributed by atoms with van der Waals surface area (Å²) < 4.78 is 5.65. The lowest BCUT2D eigenvalue weighted by atomic mass is 9.87. The van der Waals surface area contributed by atoms with Gasteiger partial charge in [-0.05, 0) is 51.0 Å². The maximum Gasteiger partial charge on any atom is 0.269 e. The first-order valence-electron chi connectivity index (χ1n) is 9.75. The van der Waals surface area contributed by atoms with Crippen molar-refractivity contribution in [2.75, 3.05) is 18.6 Å². The van der Waals surface area contributed by atoms with E-state index >= 15 is 0 Å². The van der Waals surface area contributed by atoms with Crippen LogP contribution in [0, 0.1) is 10.1 Å². The first-order chi connectivity index (χ1) is 13.8. The number of anilines is 1. The zero-order valence-electron chi connectivity index (χ0n) is 17.6. The molecular weight excluding hydrogens is 366 g/mol. The monoisotopic (exact) mass is 393 g/mol. The van der Waals surface area contributed by atoms with Crippen molar-refractivity contribution in [1.82, 2.24) is 0 Å². The molecular formula is C23H27N3O3. The molecule has 0 fully saturated rings. The van der Waals surface area contributed by atoms with Crippen LogP contribution in [0.5, 0.6) is 5.75 Å². The molecule has 6 heteroatoms.